The highest BCUT2D eigenvalue weighted by Crippen LogP contribution is 1.71. The van der Waals surface area contributed by atoms with Crippen LogP contribution in [-0.4, -0.2) is 24.8 Å². The largest absolute Gasteiger partial charge is 0.329 e. The summed E-state index contributed by atoms with van der Waals surface area (Å²) < 4.78 is 0. The highest BCUT2D eigenvalue weighted by atomic mass is 16.2. The first-order valence-corrected chi connectivity index (χ1v) is 2.66. The number of imide groups is 1. The number of hydrogen-bond donors (Lipinski definition) is 2. The van der Waals surface area contributed by atoms with Gasteiger partial charge in [-0.05, 0) is 6.92 Å². The van der Waals surface area contributed by atoms with E-state index in [0.717, 1.165) is 0 Å². The lowest BCUT2D eigenvalue weighted by atomic mass is 10.4. The van der Waals surface area contributed by atoms with Crippen molar-refractivity contribution >= 4 is 18.7 Å². The van der Waals surface area contributed by atoms with Gasteiger partial charge in [0.15, 0.2) is 0 Å². The van der Waals surface area contributed by atoms with Crippen LogP contribution in [0.25, 0.3) is 0 Å². The van der Waals surface area contributed by atoms with Gasteiger partial charge in [0.25, 0.3) is 0 Å². The monoisotopic (exact) mass is 144 g/mol. The minimum atomic E-state index is -0.672. The summed E-state index contributed by atoms with van der Waals surface area (Å²) in [5.41, 5.74) is 0. The Morgan fingerprint density at radius 3 is 2.50 bits per heavy atom. The summed E-state index contributed by atoms with van der Waals surface area (Å²) in [7, 11) is 0. The van der Waals surface area contributed by atoms with Crippen molar-refractivity contribution < 1.29 is 14.4 Å². The summed E-state index contributed by atoms with van der Waals surface area (Å²) in [6.07, 6.45) is 0.803. The van der Waals surface area contributed by atoms with E-state index in [1.54, 1.807) is 0 Å². The van der Waals surface area contributed by atoms with Crippen molar-refractivity contribution in [1.82, 2.24) is 10.6 Å². The SMILES string of the molecule is CC(C=O)NC(=O)NC=O. The highest BCUT2D eigenvalue weighted by Gasteiger charge is 2.02. The third-order valence-corrected chi connectivity index (χ3v) is 0.753. The molecule has 10 heavy (non-hydrogen) atoms. The van der Waals surface area contributed by atoms with Crippen LogP contribution in [0, 0.1) is 0 Å². The van der Waals surface area contributed by atoms with E-state index in [1.807, 2.05) is 5.32 Å². The Hall–Kier alpha value is -1.39. The molecular formula is C5H8N2O3. The maximum Gasteiger partial charge on any atom is 0.321 e. The fourth-order valence-electron chi connectivity index (χ4n) is 0.336. The lowest BCUT2D eigenvalue weighted by molar-refractivity contribution is -0.110. The number of carbonyl (C=O) groups excluding carboxylic acids is 3. The predicted molar refractivity (Wildman–Crippen MR) is 33.3 cm³/mol. The number of hydrogen-bond acceptors (Lipinski definition) is 3. The Morgan fingerprint density at radius 1 is 1.50 bits per heavy atom. The molecule has 0 aliphatic heterocycles. The Kier molecular flexibility index (Phi) is 3.86. The second kappa shape index (κ2) is 4.49. The molecule has 0 aromatic carbocycles. The standard InChI is InChI=1S/C5H8N2O3/c1-4(2-8)7-5(10)6-3-9/h2-4H,1H3,(H2,6,7,9,10). The zero-order valence-corrected chi connectivity index (χ0v) is 5.46. The number of rotatable bonds is 3. The zero-order valence-electron chi connectivity index (χ0n) is 5.46. The first-order chi connectivity index (χ1) is 4.70. The minimum absolute atomic E-state index is 0.243. The van der Waals surface area contributed by atoms with E-state index in [2.05, 4.69) is 5.32 Å². The van der Waals surface area contributed by atoms with Crippen LogP contribution in [0.15, 0.2) is 0 Å². The second-order valence-electron chi connectivity index (χ2n) is 1.66. The minimum Gasteiger partial charge on any atom is -0.329 e. The van der Waals surface area contributed by atoms with Gasteiger partial charge in [-0.1, -0.05) is 0 Å². The summed E-state index contributed by atoms with van der Waals surface area (Å²) in [5.74, 6) is 0. The molecule has 0 aliphatic rings. The molecule has 0 saturated carbocycles. The molecule has 2 N–H and O–H groups in total. The topological polar surface area (TPSA) is 75.3 Å². The number of amides is 3. The third-order valence-electron chi connectivity index (χ3n) is 0.753. The molecule has 0 bridgehead atoms. The summed E-state index contributed by atoms with van der Waals surface area (Å²) >= 11 is 0. The van der Waals surface area contributed by atoms with Gasteiger partial charge >= 0.3 is 6.03 Å². The lowest BCUT2D eigenvalue weighted by Crippen LogP contribution is -2.40. The smallest absolute Gasteiger partial charge is 0.321 e. The number of nitrogens with one attached hydrogen (secondary N) is 2. The molecule has 0 spiro atoms. The molecule has 3 amide bonds. The van der Waals surface area contributed by atoms with E-state index in [0.29, 0.717) is 6.29 Å². The van der Waals surface area contributed by atoms with Crippen molar-refractivity contribution in [2.45, 2.75) is 13.0 Å². The van der Waals surface area contributed by atoms with Crippen LogP contribution in [-0.2, 0) is 9.59 Å². The molecule has 0 aromatic rings. The lowest BCUT2D eigenvalue weighted by Gasteiger charge is -2.03. The third kappa shape index (κ3) is 3.59. The van der Waals surface area contributed by atoms with E-state index < -0.39 is 12.1 Å². The van der Waals surface area contributed by atoms with Gasteiger partial charge in [0.1, 0.15) is 6.29 Å². The van der Waals surface area contributed by atoms with Crippen LogP contribution in [0.2, 0.25) is 0 Å². The highest BCUT2D eigenvalue weighted by molar-refractivity contribution is 5.86. The Labute approximate surface area is 57.8 Å². The maximum atomic E-state index is 10.4. The molecule has 0 aliphatic carbocycles. The van der Waals surface area contributed by atoms with Crippen LogP contribution in [0.3, 0.4) is 0 Å². The Morgan fingerprint density at radius 2 is 2.10 bits per heavy atom. The van der Waals surface area contributed by atoms with Gasteiger partial charge in [0.2, 0.25) is 6.41 Å². The summed E-state index contributed by atoms with van der Waals surface area (Å²) in [5, 5.41) is 4.00. The molecule has 0 fully saturated rings. The normalized spacial score (nSPS) is 11.3. The number of carbonyl (C=O) groups is 3. The quantitative estimate of drug-likeness (QED) is 0.500. The van der Waals surface area contributed by atoms with Crippen LogP contribution in [0.5, 0.6) is 0 Å². The fraction of sp³-hybridized carbons (Fsp3) is 0.400. The second-order valence-corrected chi connectivity index (χ2v) is 1.66. The van der Waals surface area contributed by atoms with E-state index in [-0.39, 0.29) is 6.41 Å². The van der Waals surface area contributed by atoms with Gasteiger partial charge in [-0.15, -0.1) is 0 Å². The number of urea groups is 1. The average molecular weight is 144 g/mol. The van der Waals surface area contributed by atoms with Crippen LogP contribution < -0.4 is 10.6 Å². The molecule has 56 valence electrons. The van der Waals surface area contributed by atoms with Gasteiger partial charge < -0.3 is 10.1 Å². The van der Waals surface area contributed by atoms with E-state index in [4.69, 9.17) is 0 Å². The average Bonchev–Trinajstić information content (AvgIpc) is 1.88. The van der Waals surface area contributed by atoms with Gasteiger partial charge in [0, 0.05) is 0 Å². The molecule has 5 nitrogen and oxygen atoms in total. The van der Waals surface area contributed by atoms with Gasteiger partial charge in [-0.3, -0.25) is 10.1 Å². The zero-order chi connectivity index (χ0) is 7.98. The molecule has 1 atom stereocenters. The molecule has 1 unspecified atom stereocenters. The Balaban J connectivity index is 3.56. The van der Waals surface area contributed by atoms with Crippen LogP contribution in [0.4, 0.5) is 4.79 Å². The van der Waals surface area contributed by atoms with Crippen LogP contribution >= 0.6 is 0 Å². The Bertz CT molecular complexity index is 146. The molecule has 0 saturated heterocycles. The molecule has 0 aromatic heterocycles. The summed E-state index contributed by atoms with van der Waals surface area (Å²) in [6.45, 7) is 1.50. The van der Waals surface area contributed by atoms with E-state index in [1.165, 1.54) is 6.92 Å². The first kappa shape index (κ1) is 8.61. The first-order valence-electron chi connectivity index (χ1n) is 2.66. The van der Waals surface area contributed by atoms with Crippen molar-refractivity contribution in [3.05, 3.63) is 0 Å². The van der Waals surface area contributed by atoms with E-state index >= 15 is 0 Å². The fourth-order valence-corrected chi connectivity index (χ4v) is 0.336. The van der Waals surface area contributed by atoms with Crippen molar-refractivity contribution in [3.63, 3.8) is 0 Å². The summed E-state index contributed by atoms with van der Waals surface area (Å²) in [6, 6.07) is -1.24. The maximum absolute atomic E-state index is 10.4. The molecule has 0 heterocycles. The predicted octanol–water partition coefficient (Wildman–Crippen LogP) is -0.971. The van der Waals surface area contributed by atoms with Crippen LogP contribution in [0.1, 0.15) is 6.92 Å². The van der Waals surface area contributed by atoms with Crippen molar-refractivity contribution in [2.24, 2.45) is 0 Å². The van der Waals surface area contributed by atoms with Gasteiger partial charge in [-0.2, -0.15) is 0 Å². The van der Waals surface area contributed by atoms with E-state index in [9.17, 15) is 14.4 Å². The summed E-state index contributed by atoms with van der Waals surface area (Å²) in [4.78, 5) is 29.9. The number of aldehydes is 1. The van der Waals surface area contributed by atoms with Crippen molar-refractivity contribution in [3.8, 4) is 0 Å². The van der Waals surface area contributed by atoms with Crippen molar-refractivity contribution in [2.75, 3.05) is 0 Å². The van der Waals surface area contributed by atoms with Crippen molar-refractivity contribution in [1.29, 1.82) is 0 Å². The van der Waals surface area contributed by atoms with Gasteiger partial charge in [-0.25, -0.2) is 4.79 Å². The molecule has 0 radical (unpaired) electrons. The van der Waals surface area contributed by atoms with Gasteiger partial charge in [0.05, 0.1) is 6.04 Å². The molecule has 5 heteroatoms. The molecule has 0 rings (SSSR count). The molecular weight excluding hydrogens is 136 g/mol.